The first kappa shape index (κ1) is 14.8. The van der Waals surface area contributed by atoms with Crippen molar-refractivity contribution in [3.63, 3.8) is 0 Å². The highest BCUT2D eigenvalue weighted by molar-refractivity contribution is 5.93. The van der Waals surface area contributed by atoms with Crippen LogP contribution in [0.5, 0.6) is 0 Å². The van der Waals surface area contributed by atoms with Gasteiger partial charge in [0.05, 0.1) is 6.54 Å². The summed E-state index contributed by atoms with van der Waals surface area (Å²) in [5.41, 5.74) is 1.27. The van der Waals surface area contributed by atoms with Crippen molar-refractivity contribution in [3.8, 4) is 0 Å². The van der Waals surface area contributed by atoms with E-state index in [9.17, 15) is 9.90 Å². The third-order valence-corrected chi connectivity index (χ3v) is 4.64. The third-order valence-electron chi connectivity index (χ3n) is 4.64. The minimum atomic E-state index is -1.00. The normalized spacial score (nSPS) is 20.7. The van der Waals surface area contributed by atoms with Crippen molar-refractivity contribution in [1.82, 2.24) is 19.3 Å². The fourth-order valence-corrected chi connectivity index (χ4v) is 3.38. The summed E-state index contributed by atoms with van der Waals surface area (Å²) < 4.78 is 1.72. The van der Waals surface area contributed by atoms with E-state index in [1.54, 1.807) is 34.0 Å². The molecule has 0 saturated carbocycles. The summed E-state index contributed by atoms with van der Waals surface area (Å²) >= 11 is 0. The molecule has 1 N–H and O–H groups in total. The number of hydrogen-bond acceptors (Lipinski definition) is 4. The lowest BCUT2D eigenvalue weighted by Crippen LogP contribution is -2.35. The van der Waals surface area contributed by atoms with Crippen LogP contribution < -0.4 is 0 Å². The number of hydrogen-bond donors (Lipinski definition) is 1. The molecule has 2 aromatic heterocycles. The molecule has 0 radical (unpaired) electrons. The number of carbonyl (C=O) groups is 1. The molecule has 1 aliphatic rings. The molecule has 0 aliphatic carbocycles. The summed E-state index contributed by atoms with van der Waals surface area (Å²) in [6.07, 6.45) is 5.65. The Labute approximate surface area is 139 Å². The molecule has 1 fully saturated rings. The maximum atomic E-state index is 12.7. The molecule has 122 valence electrons. The van der Waals surface area contributed by atoms with Crippen LogP contribution in [0.2, 0.25) is 0 Å². The number of aromatic nitrogens is 3. The Morgan fingerprint density at radius 2 is 2.12 bits per heavy atom. The van der Waals surface area contributed by atoms with Crippen molar-refractivity contribution in [2.75, 3.05) is 13.1 Å². The molecule has 1 saturated heterocycles. The predicted molar refractivity (Wildman–Crippen MR) is 88.6 cm³/mol. The molecule has 6 nitrogen and oxygen atoms in total. The summed E-state index contributed by atoms with van der Waals surface area (Å²) in [5, 5.41) is 11.0. The second-order valence-corrected chi connectivity index (χ2v) is 6.28. The second-order valence-electron chi connectivity index (χ2n) is 6.28. The van der Waals surface area contributed by atoms with Crippen LogP contribution in [0.3, 0.4) is 0 Å². The van der Waals surface area contributed by atoms with Gasteiger partial charge in [0, 0.05) is 25.1 Å². The van der Waals surface area contributed by atoms with Gasteiger partial charge >= 0.3 is 0 Å². The molecule has 3 aromatic rings. The van der Waals surface area contributed by atoms with Gasteiger partial charge in [-0.2, -0.15) is 0 Å². The molecule has 4 rings (SSSR count). The Bertz CT molecular complexity index is 887. The number of fused-ring (bicyclic) bond motifs is 1. The largest absolute Gasteiger partial charge is 0.383 e. The number of aliphatic hydroxyl groups is 1. The number of carbonyl (C=O) groups excluding carboxylic acids is 1. The lowest BCUT2D eigenvalue weighted by molar-refractivity contribution is 0.0411. The van der Waals surface area contributed by atoms with E-state index in [0.717, 1.165) is 11.1 Å². The summed E-state index contributed by atoms with van der Waals surface area (Å²) in [5.74, 6) is 0.319. The topological polar surface area (TPSA) is 70.7 Å². The SMILES string of the molecule is Cc1ccccc1C1(O)CCN(C(=O)c2cn3cccnc3n2)C1. The zero-order valence-electron chi connectivity index (χ0n) is 13.4. The fraction of sp³-hybridized carbons (Fsp3) is 0.278. The Morgan fingerprint density at radius 1 is 1.29 bits per heavy atom. The number of imidazole rings is 1. The van der Waals surface area contributed by atoms with Gasteiger partial charge in [0.1, 0.15) is 11.3 Å². The molecule has 24 heavy (non-hydrogen) atoms. The number of nitrogens with zero attached hydrogens (tertiary/aromatic N) is 4. The predicted octanol–water partition coefficient (Wildman–Crippen LogP) is 1.77. The van der Waals surface area contributed by atoms with Crippen molar-refractivity contribution in [2.45, 2.75) is 18.9 Å². The van der Waals surface area contributed by atoms with Crippen LogP contribution in [0.1, 0.15) is 28.0 Å². The highest BCUT2D eigenvalue weighted by Gasteiger charge is 2.41. The van der Waals surface area contributed by atoms with Gasteiger partial charge in [0.2, 0.25) is 5.78 Å². The van der Waals surface area contributed by atoms with Crippen LogP contribution in [-0.2, 0) is 5.60 Å². The van der Waals surface area contributed by atoms with E-state index in [4.69, 9.17) is 0 Å². The number of aryl methyl sites for hydroxylation is 1. The molecule has 1 aliphatic heterocycles. The summed E-state index contributed by atoms with van der Waals surface area (Å²) in [7, 11) is 0. The molecule has 1 amide bonds. The van der Waals surface area contributed by atoms with Crippen LogP contribution in [-0.4, -0.2) is 43.4 Å². The molecule has 1 unspecified atom stereocenters. The lowest BCUT2D eigenvalue weighted by Gasteiger charge is -2.25. The molecule has 3 heterocycles. The Balaban J connectivity index is 1.60. The summed E-state index contributed by atoms with van der Waals surface area (Å²) in [6, 6.07) is 9.56. The average molecular weight is 322 g/mol. The number of amides is 1. The Kier molecular flexibility index (Phi) is 3.35. The quantitative estimate of drug-likeness (QED) is 0.780. The lowest BCUT2D eigenvalue weighted by atomic mass is 9.89. The van der Waals surface area contributed by atoms with Crippen LogP contribution in [0.4, 0.5) is 0 Å². The first-order valence-corrected chi connectivity index (χ1v) is 7.94. The summed E-state index contributed by atoms with van der Waals surface area (Å²) in [4.78, 5) is 22.8. The zero-order chi connectivity index (χ0) is 16.7. The third kappa shape index (κ3) is 2.35. The van der Waals surface area contributed by atoms with E-state index in [2.05, 4.69) is 9.97 Å². The maximum absolute atomic E-state index is 12.7. The number of likely N-dealkylation sites (tertiary alicyclic amines) is 1. The highest BCUT2D eigenvalue weighted by atomic mass is 16.3. The van der Waals surface area contributed by atoms with Gasteiger partial charge in [-0.15, -0.1) is 0 Å². The van der Waals surface area contributed by atoms with E-state index in [0.29, 0.717) is 24.4 Å². The molecule has 1 aromatic carbocycles. The maximum Gasteiger partial charge on any atom is 0.274 e. The van der Waals surface area contributed by atoms with Crippen molar-refractivity contribution in [1.29, 1.82) is 0 Å². The van der Waals surface area contributed by atoms with E-state index >= 15 is 0 Å². The fourth-order valence-electron chi connectivity index (χ4n) is 3.38. The summed E-state index contributed by atoms with van der Waals surface area (Å²) in [6.45, 7) is 2.76. The van der Waals surface area contributed by atoms with E-state index in [1.165, 1.54) is 0 Å². The monoisotopic (exact) mass is 322 g/mol. The molecule has 6 heteroatoms. The van der Waals surface area contributed by atoms with Gasteiger partial charge in [-0.3, -0.25) is 9.20 Å². The van der Waals surface area contributed by atoms with E-state index < -0.39 is 5.60 Å². The smallest absolute Gasteiger partial charge is 0.274 e. The second kappa shape index (κ2) is 5.42. The number of benzene rings is 1. The van der Waals surface area contributed by atoms with E-state index in [1.807, 2.05) is 31.2 Å². The van der Waals surface area contributed by atoms with Crippen LogP contribution in [0, 0.1) is 6.92 Å². The molecule has 0 spiro atoms. The molecular formula is C18H18N4O2. The van der Waals surface area contributed by atoms with Gasteiger partial charge < -0.3 is 10.0 Å². The molecule has 0 bridgehead atoms. The minimum absolute atomic E-state index is 0.176. The van der Waals surface area contributed by atoms with Crippen molar-refractivity contribution in [3.05, 3.63) is 65.7 Å². The molecule has 1 atom stereocenters. The van der Waals surface area contributed by atoms with Crippen molar-refractivity contribution < 1.29 is 9.90 Å². The van der Waals surface area contributed by atoms with Crippen LogP contribution in [0.25, 0.3) is 5.78 Å². The first-order chi connectivity index (χ1) is 11.6. The van der Waals surface area contributed by atoms with Crippen molar-refractivity contribution in [2.24, 2.45) is 0 Å². The van der Waals surface area contributed by atoms with E-state index in [-0.39, 0.29) is 12.5 Å². The highest BCUT2D eigenvalue weighted by Crippen LogP contribution is 2.34. The Hall–Kier alpha value is -2.73. The zero-order valence-corrected chi connectivity index (χ0v) is 13.4. The van der Waals surface area contributed by atoms with Gasteiger partial charge in [0.15, 0.2) is 0 Å². The number of rotatable bonds is 2. The first-order valence-electron chi connectivity index (χ1n) is 7.94. The standard InChI is InChI=1S/C18H18N4O2/c1-13-5-2-3-6-14(13)18(24)7-10-22(12-18)16(23)15-11-21-9-4-8-19-17(21)20-15/h2-6,8-9,11,24H,7,10,12H2,1H3. The van der Waals surface area contributed by atoms with Gasteiger partial charge in [-0.25, -0.2) is 9.97 Å². The average Bonchev–Trinajstić information content (AvgIpc) is 3.19. The van der Waals surface area contributed by atoms with Crippen LogP contribution >= 0.6 is 0 Å². The Morgan fingerprint density at radius 3 is 2.92 bits per heavy atom. The molecular weight excluding hydrogens is 304 g/mol. The van der Waals surface area contributed by atoms with Gasteiger partial charge in [0.25, 0.3) is 5.91 Å². The van der Waals surface area contributed by atoms with Crippen molar-refractivity contribution >= 4 is 11.7 Å². The van der Waals surface area contributed by atoms with Gasteiger partial charge in [-0.1, -0.05) is 24.3 Å². The van der Waals surface area contributed by atoms with Gasteiger partial charge in [-0.05, 0) is 30.5 Å². The number of β-amino-alcohol motifs (C(OH)–C–C–N with tert-alkyl or cyclic N) is 1. The minimum Gasteiger partial charge on any atom is -0.383 e. The van der Waals surface area contributed by atoms with Crippen LogP contribution in [0.15, 0.2) is 48.9 Å².